The predicted octanol–water partition coefficient (Wildman–Crippen LogP) is 3.75. The van der Waals surface area contributed by atoms with Crippen LogP contribution in [0.4, 0.5) is 5.69 Å². The van der Waals surface area contributed by atoms with Gasteiger partial charge in [0.1, 0.15) is 5.75 Å². The number of nitrogens with one attached hydrogen (secondary N) is 1. The van der Waals surface area contributed by atoms with Crippen molar-refractivity contribution in [3.8, 4) is 5.75 Å². The number of hydrogen-bond donors (Lipinski definition) is 1. The van der Waals surface area contributed by atoms with Crippen molar-refractivity contribution in [2.24, 2.45) is 0 Å². The average molecular weight is 417 g/mol. The number of amides is 1. The molecule has 1 heterocycles. The van der Waals surface area contributed by atoms with Crippen LogP contribution >= 0.6 is 0 Å². The summed E-state index contributed by atoms with van der Waals surface area (Å²) in [5, 5.41) is 0. The van der Waals surface area contributed by atoms with E-state index in [2.05, 4.69) is 4.72 Å². The van der Waals surface area contributed by atoms with Gasteiger partial charge in [0.25, 0.3) is 10.0 Å². The molecule has 1 amide bonds. The minimum atomic E-state index is -3.70. The molecule has 156 valence electrons. The Labute approximate surface area is 172 Å². The van der Waals surface area contributed by atoms with Crippen LogP contribution in [0.25, 0.3) is 0 Å². The normalized spacial score (nSPS) is 14.1. The highest BCUT2D eigenvalue weighted by Crippen LogP contribution is 2.24. The van der Waals surface area contributed by atoms with Crippen molar-refractivity contribution in [2.45, 2.75) is 44.4 Å². The number of benzene rings is 2. The summed E-state index contributed by atoms with van der Waals surface area (Å²) in [7, 11) is -3.70. The summed E-state index contributed by atoms with van der Waals surface area (Å²) in [4.78, 5) is 14.3. The van der Waals surface area contributed by atoms with Gasteiger partial charge in [-0.25, -0.2) is 8.42 Å². The molecular weight excluding hydrogens is 388 g/mol. The number of anilines is 1. The lowest BCUT2D eigenvalue weighted by Gasteiger charge is -2.15. The fourth-order valence-corrected chi connectivity index (χ4v) is 4.46. The lowest BCUT2D eigenvalue weighted by Crippen LogP contribution is -2.29. The van der Waals surface area contributed by atoms with Crippen LogP contribution in [-0.4, -0.2) is 38.9 Å². The molecule has 0 bridgehead atoms. The summed E-state index contributed by atoms with van der Waals surface area (Å²) < 4.78 is 33.6. The van der Waals surface area contributed by atoms with Gasteiger partial charge in [-0.3, -0.25) is 9.52 Å². The van der Waals surface area contributed by atoms with Crippen molar-refractivity contribution >= 4 is 21.6 Å². The smallest absolute Gasteiger partial charge is 0.261 e. The van der Waals surface area contributed by atoms with Crippen LogP contribution in [-0.2, 0) is 21.2 Å². The first-order chi connectivity index (χ1) is 13.9. The molecule has 6 nitrogen and oxygen atoms in total. The summed E-state index contributed by atoms with van der Waals surface area (Å²) in [5.41, 5.74) is 2.11. The van der Waals surface area contributed by atoms with Gasteiger partial charge in [0.15, 0.2) is 0 Å². The second-order valence-electron chi connectivity index (χ2n) is 7.34. The minimum absolute atomic E-state index is 0.122. The molecule has 2 aromatic rings. The molecule has 7 heteroatoms. The van der Waals surface area contributed by atoms with Crippen molar-refractivity contribution in [3.05, 3.63) is 53.6 Å². The molecule has 1 saturated heterocycles. The zero-order valence-electron chi connectivity index (χ0n) is 17.0. The summed E-state index contributed by atoms with van der Waals surface area (Å²) in [6.07, 6.45) is 3.36. The molecule has 0 unspecified atom stereocenters. The van der Waals surface area contributed by atoms with Crippen LogP contribution in [0.3, 0.4) is 0 Å². The molecule has 0 aliphatic carbocycles. The number of hydrogen-bond acceptors (Lipinski definition) is 4. The van der Waals surface area contributed by atoms with Gasteiger partial charge in [-0.05, 0) is 67.6 Å². The first kappa shape index (κ1) is 21.2. The molecule has 1 aliphatic heterocycles. The van der Waals surface area contributed by atoms with E-state index >= 15 is 0 Å². The zero-order chi connectivity index (χ0) is 20.9. The molecule has 1 fully saturated rings. The van der Waals surface area contributed by atoms with Crippen LogP contribution in [0.1, 0.15) is 37.3 Å². The zero-order valence-corrected chi connectivity index (χ0v) is 17.8. The second kappa shape index (κ2) is 9.31. The molecule has 0 aromatic heterocycles. The van der Waals surface area contributed by atoms with Crippen LogP contribution in [0.2, 0.25) is 0 Å². The highest BCUT2D eigenvalue weighted by Gasteiger charge is 2.19. The van der Waals surface area contributed by atoms with E-state index < -0.39 is 10.0 Å². The highest BCUT2D eigenvalue weighted by atomic mass is 32.2. The first-order valence-corrected chi connectivity index (χ1v) is 11.5. The van der Waals surface area contributed by atoms with E-state index in [-0.39, 0.29) is 10.8 Å². The molecule has 1 N–H and O–H groups in total. The molecule has 0 spiro atoms. The molecule has 2 aromatic carbocycles. The fraction of sp³-hybridized carbons (Fsp3) is 0.409. The SMILES string of the molecule is CCCOc1ccc(S(=O)(=O)Nc2ccc(CC(=O)N3CCCC3)cc2)cc1C. The van der Waals surface area contributed by atoms with Gasteiger partial charge < -0.3 is 9.64 Å². The number of carbonyl (C=O) groups excluding carboxylic acids is 1. The molecule has 0 atom stereocenters. The van der Waals surface area contributed by atoms with E-state index in [9.17, 15) is 13.2 Å². The quantitative estimate of drug-likeness (QED) is 0.711. The van der Waals surface area contributed by atoms with E-state index in [1.807, 2.05) is 18.7 Å². The van der Waals surface area contributed by atoms with E-state index in [1.165, 1.54) is 0 Å². The molecule has 29 heavy (non-hydrogen) atoms. The van der Waals surface area contributed by atoms with Crippen molar-refractivity contribution in [3.63, 3.8) is 0 Å². The van der Waals surface area contributed by atoms with Crippen molar-refractivity contribution < 1.29 is 17.9 Å². The van der Waals surface area contributed by atoms with Gasteiger partial charge >= 0.3 is 0 Å². The standard InChI is InChI=1S/C22H28N2O4S/c1-3-14-28-21-11-10-20(15-17(21)2)29(26,27)23-19-8-6-18(7-9-19)16-22(25)24-12-4-5-13-24/h6-11,15,23H,3-5,12-14,16H2,1-2H3. The Bertz CT molecular complexity index is 949. The maximum Gasteiger partial charge on any atom is 0.261 e. The summed E-state index contributed by atoms with van der Waals surface area (Å²) in [6.45, 7) is 6.11. The van der Waals surface area contributed by atoms with Crippen LogP contribution < -0.4 is 9.46 Å². The van der Waals surface area contributed by atoms with Crippen molar-refractivity contribution in [2.75, 3.05) is 24.4 Å². The van der Waals surface area contributed by atoms with Gasteiger partial charge in [-0.1, -0.05) is 19.1 Å². The third-order valence-corrected chi connectivity index (χ3v) is 6.32. The van der Waals surface area contributed by atoms with Crippen LogP contribution in [0, 0.1) is 6.92 Å². The molecular formula is C22H28N2O4S. The molecule has 0 radical (unpaired) electrons. The van der Waals surface area contributed by atoms with E-state index in [1.54, 1.807) is 42.5 Å². The largest absolute Gasteiger partial charge is 0.493 e. The van der Waals surface area contributed by atoms with Crippen molar-refractivity contribution in [1.82, 2.24) is 4.90 Å². The maximum absolute atomic E-state index is 12.7. The van der Waals surface area contributed by atoms with E-state index in [0.717, 1.165) is 43.5 Å². The lowest BCUT2D eigenvalue weighted by atomic mass is 10.1. The van der Waals surface area contributed by atoms with Gasteiger partial charge in [0, 0.05) is 18.8 Å². The van der Waals surface area contributed by atoms with Gasteiger partial charge in [-0.15, -0.1) is 0 Å². The third kappa shape index (κ3) is 5.50. The topological polar surface area (TPSA) is 75.7 Å². The van der Waals surface area contributed by atoms with Crippen LogP contribution in [0.15, 0.2) is 47.4 Å². The predicted molar refractivity (Wildman–Crippen MR) is 114 cm³/mol. The maximum atomic E-state index is 12.7. The van der Waals surface area contributed by atoms with Gasteiger partial charge in [-0.2, -0.15) is 0 Å². The number of nitrogens with zero attached hydrogens (tertiary/aromatic N) is 1. The number of ether oxygens (including phenoxy) is 1. The summed E-state index contributed by atoms with van der Waals surface area (Å²) in [6, 6.07) is 11.8. The monoisotopic (exact) mass is 416 g/mol. The Balaban J connectivity index is 1.65. The Kier molecular flexibility index (Phi) is 6.79. The number of sulfonamides is 1. The van der Waals surface area contributed by atoms with Crippen molar-refractivity contribution in [1.29, 1.82) is 0 Å². The molecule has 0 saturated carbocycles. The Morgan fingerprint density at radius 3 is 2.41 bits per heavy atom. The Morgan fingerprint density at radius 1 is 1.10 bits per heavy atom. The summed E-state index contributed by atoms with van der Waals surface area (Å²) in [5.74, 6) is 0.814. The fourth-order valence-electron chi connectivity index (χ4n) is 3.32. The van der Waals surface area contributed by atoms with E-state index in [4.69, 9.17) is 4.74 Å². The van der Waals surface area contributed by atoms with Gasteiger partial charge in [0.05, 0.1) is 17.9 Å². The second-order valence-corrected chi connectivity index (χ2v) is 9.03. The Morgan fingerprint density at radius 2 is 1.79 bits per heavy atom. The average Bonchev–Trinajstić information content (AvgIpc) is 3.23. The number of aryl methyl sites for hydroxylation is 1. The Hall–Kier alpha value is -2.54. The first-order valence-electron chi connectivity index (χ1n) is 10.0. The van der Waals surface area contributed by atoms with Gasteiger partial charge in [0.2, 0.25) is 5.91 Å². The number of rotatable bonds is 8. The molecule has 1 aliphatic rings. The van der Waals surface area contributed by atoms with Crippen LogP contribution in [0.5, 0.6) is 5.75 Å². The number of carbonyl (C=O) groups is 1. The lowest BCUT2D eigenvalue weighted by molar-refractivity contribution is -0.129. The number of likely N-dealkylation sites (tertiary alicyclic amines) is 1. The summed E-state index contributed by atoms with van der Waals surface area (Å²) >= 11 is 0. The highest BCUT2D eigenvalue weighted by molar-refractivity contribution is 7.92. The molecule has 3 rings (SSSR count). The minimum Gasteiger partial charge on any atom is -0.493 e. The van der Waals surface area contributed by atoms with E-state index in [0.29, 0.717) is 24.5 Å². The third-order valence-electron chi connectivity index (χ3n) is 4.94.